The lowest BCUT2D eigenvalue weighted by Gasteiger charge is -2.05. The van der Waals surface area contributed by atoms with Crippen LogP contribution >= 0.6 is 8.38 Å². The number of benzene rings is 1. The average Bonchev–Trinajstić information content (AvgIpc) is 2.33. The van der Waals surface area contributed by atoms with Gasteiger partial charge in [-0.15, -0.1) is 0 Å². The molecule has 1 aromatic carbocycles. The predicted molar refractivity (Wildman–Crippen MR) is 68.6 cm³/mol. The summed E-state index contributed by atoms with van der Waals surface area (Å²) in [5, 5.41) is 2.76. The zero-order valence-corrected chi connectivity index (χ0v) is 10.6. The van der Waals surface area contributed by atoms with E-state index in [-0.39, 0.29) is 5.91 Å². The SMILES string of the molecule is O=C(CCc1ccccc1)NCCCP(O)O. The summed E-state index contributed by atoms with van der Waals surface area (Å²) in [4.78, 5) is 28.8. The van der Waals surface area contributed by atoms with Crippen molar-refractivity contribution in [3.63, 3.8) is 0 Å². The van der Waals surface area contributed by atoms with Gasteiger partial charge in [0.2, 0.25) is 5.91 Å². The highest BCUT2D eigenvalue weighted by Gasteiger charge is 2.02. The molecule has 0 saturated carbocycles. The Morgan fingerprint density at radius 3 is 2.59 bits per heavy atom. The average molecular weight is 255 g/mol. The first-order valence-electron chi connectivity index (χ1n) is 5.64. The first-order chi connectivity index (χ1) is 8.18. The fourth-order valence-electron chi connectivity index (χ4n) is 1.44. The molecule has 0 aliphatic carbocycles. The van der Waals surface area contributed by atoms with Gasteiger partial charge in [-0.3, -0.25) is 4.79 Å². The predicted octanol–water partition coefficient (Wildman–Crippen LogP) is 1.42. The summed E-state index contributed by atoms with van der Waals surface area (Å²) in [6.45, 7) is 0.508. The van der Waals surface area contributed by atoms with E-state index in [0.717, 1.165) is 12.0 Å². The zero-order valence-electron chi connectivity index (χ0n) is 9.67. The van der Waals surface area contributed by atoms with E-state index in [1.807, 2.05) is 30.3 Å². The van der Waals surface area contributed by atoms with E-state index in [1.165, 1.54) is 0 Å². The van der Waals surface area contributed by atoms with Crippen molar-refractivity contribution in [2.24, 2.45) is 0 Å². The van der Waals surface area contributed by atoms with E-state index in [1.54, 1.807) is 0 Å². The van der Waals surface area contributed by atoms with Gasteiger partial charge in [0.15, 0.2) is 8.38 Å². The van der Waals surface area contributed by atoms with Gasteiger partial charge in [0.05, 0.1) is 0 Å². The third kappa shape index (κ3) is 7.05. The molecule has 0 atom stereocenters. The van der Waals surface area contributed by atoms with Crippen LogP contribution in [-0.4, -0.2) is 28.4 Å². The highest BCUT2D eigenvalue weighted by Crippen LogP contribution is 2.22. The lowest BCUT2D eigenvalue weighted by atomic mass is 10.1. The van der Waals surface area contributed by atoms with Crippen LogP contribution in [0.5, 0.6) is 0 Å². The first kappa shape index (κ1) is 14.1. The van der Waals surface area contributed by atoms with E-state index in [2.05, 4.69) is 5.32 Å². The number of carbonyl (C=O) groups excluding carboxylic acids is 1. The molecule has 0 heterocycles. The second kappa shape index (κ2) is 8.18. The second-order valence-electron chi connectivity index (χ2n) is 3.78. The van der Waals surface area contributed by atoms with Gasteiger partial charge in [0, 0.05) is 19.1 Å². The molecule has 94 valence electrons. The molecule has 5 heteroatoms. The van der Waals surface area contributed by atoms with E-state index in [0.29, 0.717) is 25.5 Å². The van der Waals surface area contributed by atoms with Crippen LogP contribution in [0.25, 0.3) is 0 Å². The van der Waals surface area contributed by atoms with Crippen LogP contribution in [0.3, 0.4) is 0 Å². The summed E-state index contributed by atoms with van der Waals surface area (Å²) in [5.74, 6) is 0.00839. The van der Waals surface area contributed by atoms with Crippen LogP contribution in [0.4, 0.5) is 0 Å². The van der Waals surface area contributed by atoms with Gasteiger partial charge in [0.1, 0.15) is 0 Å². The molecule has 0 spiro atoms. The Labute approximate surface area is 103 Å². The number of hydrogen-bond acceptors (Lipinski definition) is 3. The van der Waals surface area contributed by atoms with Gasteiger partial charge >= 0.3 is 0 Å². The van der Waals surface area contributed by atoms with Crippen molar-refractivity contribution in [3.05, 3.63) is 35.9 Å². The van der Waals surface area contributed by atoms with Crippen molar-refractivity contribution in [1.82, 2.24) is 5.32 Å². The van der Waals surface area contributed by atoms with Crippen LogP contribution in [0.2, 0.25) is 0 Å². The highest BCUT2D eigenvalue weighted by atomic mass is 31.2. The molecule has 1 rings (SSSR count). The Morgan fingerprint density at radius 1 is 1.24 bits per heavy atom. The number of nitrogens with one attached hydrogen (secondary N) is 1. The van der Waals surface area contributed by atoms with Crippen molar-refractivity contribution >= 4 is 14.3 Å². The van der Waals surface area contributed by atoms with E-state index in [4.69, 9.17) is 9.79 Å². The summed E-state index contributed by atoms with van der Waals surface area (Å²) < 4.78 is 0. The Kier molecular flexibility index (Phi) is 6.78. The monoisotopic (exact) mass is 255 g/mol. The van der Waals surface area contributed by atoms with E-state index >= 15 is 0 Å². The third-order valence-electron chi connectivity index (χ3n) is 2.34. The van der Waals surface area contributed by atoms with Crippen molar-refractivity contribution in [2.45, 2.75) is 19.3 Å². The van der Waals surface area contributed by atoms with Crippen molar-refractivity contribution in [1.29, 1.82) is 0 Å². The van der Waals surface area contributed by atoms with Crippen LogP contribution in [0.1, 0.15) is 18.4 Å². The molecule has 0 aliphatic rings. The lowest BCUT2D eigenvalue weighted by molar-refractivity contribution is -0.121. The van der Waals surface area contributed by atoms with Gasteiger partial charge in [-0.1, -0.05) is 30.3 Å². The number of aryl methyl sites for hydroxylation is 1. The number of rotatable bonds is 7. The molecule has 0 bridgehead atoms. The van der Waals surface area contributed by atoms with E-state index in [9.17, 15) is 4.79 Å². The molecule has 0 fully saturated rings. The first-order valence-corrected chi connectivity index (χ1v) is 7.07. The maximum atomic E-state index is 11.4. The molecule has 4 nitrogen and oxygen atoms in total. The van der Waals surface area contributed by atoms with Gasteiger partial charge in [-0.25, -0.2) is 0 Å². The highest BCUT2D eigenvalue weighted by molar-refractivity contribution is 7.45. The summed E-state index contributed by atoms with van der Waals surface area (Å²) in [6.07, 6.45) is 2.17. The smallest absolute Gasteiger partial charge is 0.220 e. The van der Waals surface area contributed by atoms with Gasteiger partial charge in [0.25, 0.3) is 0 Å². The maximum Gasteiger partial charge on any atom is 0.220 e. The van der Waals surface area contributed by atoms with Crippen LogP contribution in [0.15, 0.2) is 30.3 Å². The van der Waals surface area contributed by atoms with Crippen LogP contribution in [0, 0.1) is 0 Å². The van der Waals surface area contributed by atoms with Gasteiger partial charge in [-0.05, 0) is 18.4 Å². The van der Waals surface area contributed by atoms with Crippen molar-refractivity contribution in [3.8, 4) is 0 Å². The van der Waals surface area contributed by atoms with E-state index < -0.39 is 8.38 Å². The minimum Gasteiger partial charge on any atom is -0.356 e. The molecule has 3 N–H and O–H groups in total. The molecule has 17 heavy (non-hydrogen) atoms. The summed E-state index contributed by atoms with van der Waals surface area (Å²) in [7, 11) is -1.83. The fourth-order valence-corrected chi connectivity index (χ4v) is 1.88. The molecule has 1 aromatic rings. The van der Waals surface area contributed by atoms with Gasteiger partial charge < -0.3 is 15.1 Å². The Hall–Kier alpha value is -0.960. The summed E-state index contributed by atoms with van der Waals surface area (Å²) >= 11 is 0. The fraction of sp³-hybridized carbons (Fsp3) is 0.417. The number of hydrogen-bond donors (Lipinski definition) is 3. The van der Waals surface area contributed by atoms with Crippen molar-refractivity contribution < 1.29 is 14.6 Å². The lowest BCUT2D eigenvalue weighted by Crippen LogP contribution is -2.25. The molecule has 0 aliphatic heterocycles. The minimum atomic E-state index is -1.83. The summed E-state index contributed by atoms with van der Waals surface area (Å²) in [5.41, 5.74) is 1.15. The quantitative estimate of drug-likeness (QED) is 0.510. The molecule has 0 radical (unpaired) electrons. The van der Waals surface area contributed by atoms with Crippen LogP contribution in [-0.2, 0) is 11.2 Å². The van der Waals surface area contributed by atoms with Gasteiger partial charge in [-0.2, -0.15) is 0 Å². The Morgan fingerprint density at radius 2 is 1.94 bits per heavy atom. The normalized spacial score (nSPS) is 10.5. The largest absolute Gasteiger partial charge is 0.356 e. The standard InChI is InChI=1S/C12H18NO3P/c14-12(13-9-4-10-17(15)16)8-7-11-5-2-1-3-6-11/h1-3,5-6,15-16H,4,7-10H2,(H,13,14). The minimum absolute atomic E-state index is 0.00839. The Balaban J connectivity index is 2.09. The third-order valence-corrected chi connectivity index (χ3v) is 3.06. The van der Waals surface area contributed by atoms with Crippen LogP contribution < -0.4 is 5.32 Å². The molecule has 0 saturated heterocycles. The molecule has 1 amide bonds. The second-order valence-corrected chi connectivity index (χ2v) is 4.98. The summed E-state index contributed by atoms with van der Waals surface area (Å²) in [6, 6.07) is 9.86. The number of carbonyl (C=O) groups is 1. The molecule has 0 unspecified atom stereocenters. The topological polar surface area (TPSA) is 69.6 Å². The molecule has 0 aromatic heterocycles. The van der Waals surface area contributed by atoms with Crippen molar-refractivity contribution in [2.75, 3.05) is 12.7 Å². The Bertz CT molecular complexity index is 330. The zero-order chi connectivity index (χ0) is 12.5. The maximum absolute atomic E-state index is 11.4. The molecular weight excluding hydrogens is 237 g/mol. The molecular formula is C12H18NO3P. The number of amides is 1.